The molecule has 3 N–H and O–H groups in total. The molecule has 0 saturated carbocycles. The first kappa shape index (κ1) is 14.0. The zero-order chi connectivity index (χ0) is 13.7. The third kappa shape index (κ3) is 4.04. The van der Waals surface area contributed by atoms with E-state index >= 15 is 0 Å². The van der Waals surface area contributed by atoms with Gasteiger partial charge in [0, 0.05) is 6.54 Å². The van der Waals surface area contributed by atoms with Crippen molar-refractivity contribution in [3.8, 4) is 0 Å². The second-order valence-electron chi connectivity index (χ2n) is 5.27. The van der Waals surface area contributed by atoms with Crippen molar-refractivity contribution in [3.63, 3.8) is 0 Å². The van der Waals surface area contributed by atoms with Crippen LogP contribution < -0.4 is 11.1 Å². The maximum Gasteiger partial charge on any atom is 0.237 e. The zero-order valence-electron chi connectivity index (χ0n) is 11.5. The summed E-state index contributed by atoms with van der Waals surface area (Å²) in [5.41, 5.74) is 6.79. The van der Waals surface area contributed by atoms with Gasteiger partial charge in [0.2, 0.25) is 5.91 Å². The fourth-order valence-corrected chi connectivity index (χ4v) is 2.45. The molecular formula is C15H23N3O. The second kappa shape index (κ2) is 6.68. The Hall–Kier alpha value is -1.39. The van der Waals surface area contributed by atoms with E-state index < -0.39 is 6.04 Å². The maximum absolute atomic E-state index is 11.8. The molecule has 1 heterocycles. The molecule has 2 unspecified atom stereocenters. The Balaban J connectivity index is 2.06. The van der Waals surface area contributed by atoms with E-state index in [1.54, 1.807) is 6.92 Å². The van der Waals surface area contributed by atoms with E-state index in [0.29, 0.717) is 0 Å². The van der Waals surface area contributed by atoms with Crippen molar-refractivity contribution in [2.75, 3.05) is 19.6 Å². The Morgan fingerprint density at radius 3 is 2.53 bits per heavy atom. The molecule has 1 aromatic rings. The van der Waals surface area contributed by atoms with Gasteiger partial charge in [0.15, 0.2) is 0 Å². The van der Waals surface area contributed by atoms with Gasteiger partial charge in [-0.15, -0.1) is 0 Å². The van der Waals surface area contributed by atoms with Gasteiger partial charge >= 0.3 is 0 Å². The highest BCUT2D eigenvalue weighted by atomic mass is 16.2. The lowest BCUT2D eigenvalue weighted by molar-refractivity contribution is -0.122. The Morgan fingerprint density at radius 2 is 1.95 bits per heavy atom. The van der Waals surface area contributed by atoms with E-state index in [2.05, 4.69) is 22.3 Å². The smallest absolute Gasteiger partial charge is 0.237 e. The molecular weight excluding hydrogens is 238 g/mol. The largest absolute Gasteiger partial charge is 0.347 e. The van der Waals surface area contributed by atoms with E-state index in [9.17, 15) is 4.79 Å². The number of amides is 1. The molecule has 1 fully saturated rings. The van der Waals surface area contributed by atoms with Crippen LogP contribution in [0.1, 0.15) is 31.4 Å². The standard InChI is InChI=1S/C15H23N3O/c1-12(16)15(19)17-14(11-18-9-5-6-10-18)13-7-3-2-4-8-13/h2-4,7-8,12,14H,5-6,9-11,16H2,1H3,(H,17,19). The number of hydrogen-bond donors (Lipinski definition) is 2. The topological polar surface area (TPSA) is 58.4 Å². The predicted octanol–water partition coefficient (Wildman–Crippen LogP) is 1.29. The summed E-state index contributed by atoms with van der Waals surface area (Å²) in [6.07, 6.45) is 2.51. The molecule has 2 atom stereocenters. The number of benzene rings is 1. The van der Waals surface area contributed by atoms with Crippen LogP contribution in [0.25, 0.3) is 0 Å². The van der Waals surface area contributed by atoms with Gasteiger partial charge in [0.05, 0.1) is 12.1 Å². The summed E-state index contributed by atoms with van der Waals surface area (Å²) in [7, 11) is 0. The monoisotopic (exact) mass is 261 g/mol. The van der Waals surface area contributed by atoms with Gasteiger partial charge in [0.1, 0.15) is 0 Å². The van der Waals surface area contributed by atoms with Crippen molar-refractivity contribution in [1.82, 2.24) is 10.2 Å². The summed E-state index contributed by atoms with van der Waals surface area (Å²) >= 11 is 0. The minimum Gasteiger partial charge on any atom is -0.347 e. The Bertz CT molecular complexity index is 399. The number of hydrogen-bond acceptors (Lipinski definition) is 3. The van der Waals surface area contributed by atoms with E-state index in [1.165, 1.54) is 12.8 Å². The Kier molecular flexibility index (Phi) is 4.93. The lowest BCUT2D eigenvalue weighted by atomic mass is 10.1. The average Bonchev–Trinajstić information content (AvgIpc) is 2.91. The second-order valence-corrected chi connectivity index (χ2v) is 5.27. The van der Waals surface area contributed by atoms with E-state index in [0.717, 1.165) is 25.2 Å². The summed E-state index contributed by atoms with van der Waals surface area (Å²) in [5.74, 6) is -0.0898. The van der Waals surface area contributed by atoms with Crippen LogP contribution in [0.3, 0.4) is 0 Å². The summed E-state index contributed by atoms with van der Waals surface area (Å²) in [6.45, 7) is 4.82. The molecule has 1 aliphatic heterocycles. The highest BCUT2D eigenvalue weighted by Gasteiger charge is 2.21. The summed E-state index contributed by atoms with van der Waals surface area (Å²) < 4.78 is 0. The van der Waals surface area contributed by atoms with Crippen molar-refractivity contribution in [1.29, 1.82) is 0 Å². The number of nitrogens with zero attached hydrogens (tertiary/aromatic N) is 1. The first-order valence-corrected chi connectivity index (χ1v) is 7.00. The van der Waals surface area contributed by atoms with E-state index in [1.807, 2.05) is 18.2 Å². The van der Waals surface area contributed by atoms with E-state index in [4.69, 9.17) is 5.73 Å². The summed E-state index contributed by atoms with van der Waals surface area (Å²) in [4.78, 5) is 14.2. The molecule has 4 nitrogen and oxygen atoms in total. The minimum absolute atomic E-state index is 0.0257. The van der Waals surface area contributed by atoms with Crippen LogP contribution in [0, 0.1) is 0 Å². The number of carbonyl (C=O) groups excluding carboxylic acids is 1. The van der Waals surface area contributed by atoms with Crippen molar-refractivity contribution in [3.05, 3.63) is 35.9 Å². The molecule has 1 aromatic carbocycles. The first-order chi connectivity index (χ1) is 9.16. The predicted molar refractivity (Wildman–Crippen MR) is 76.6 cm³/mol. The number of carbonyl (C=O) groups is 1. The fraction of sp³-hybridized carbons (Fsp3) is 0.533. The average molecular weight is 261 g/mol. The van der Waals surface area contributed by atoms with Gasteiger partial charge in [-0.1, -0.05) is 30.3 Å². The molecule has 4 heteroatoms. The van der Waals surface area contributed by atoms with Crippen LogP contribution in [0.15, 0.2) is 30.3 Å². The molecule has 2 rings (SSSR count). The zero-order valence-corrected chi connectivity index (χ0v) is 11.5. The molecule has 1 amide bonds. The fourth-order valence-electron chi connectivity index (χ4n) is 2.45. The SMILES string of the molecule is CC(N)C(=O)NC(CN1CCCC1)c1ccccc1. The third-order valence-electron chi connectivity index (χ3n) is 3.57. The molecule has 0 aliphatic carbocycles. The van der Waals surface area contributed by atoms with Gasteiger partial charge in [-0.25, -0.2) is 0 Å². The quantitative estimate of drug-likeness (QED) is 0.839. The maximum atomic E-state index is 11.8. The molecule has 104 valence electrons. The van der Waals surface area contributed by atoms with Crippen LogP contribution in [-0.2, 0) is 4.79 Å². The molecule has 1 saturated heterocycles. The Morgan fingerprint density at radius 1 is 1.32 bits per heavy atom. The van der Waals surface area contributed by atoms with Crippen molar-refractivity contribution >= 4 is 5.91 Å². The molecule has 0 aromatic heterocycles. The van der Waals surface area contributed by atoms with Gasteiger partial charge < -0.3 is 16.0 Å². The summed E-state index contributed by atoms with van der Waals surface area (Å²) in [6, 6.07) is 9.67. The molecule has 19 heavy (non-hydrogen) atoms. The van der Waals surface area contributed by atoms with Crippen LogP contribution >= 0.6 is 0 Å². The molecule has 1 aliphatic rings. The van der Waals surface area contributed by atoms with Crippen LogP contribution in [0.4, 0.5) is 0 Å². The van der Waals surface area contributed by atoms with Gasteiger partial charge in [-0.2, -0.15) is 0 Å². The number of rotatable bonds is 5. The number of nitrogens with one attached hydrogen (secondary N) is 1. The highest BCUT2D eigenvalue weighted by molar-refractivity contribution is 5.81. The Labute approximate surface area is 115 Å². The molecule has 0 bridgehead atoms. The summed E-state index contributed by atoms with van der Waals surface area (Å²) in [5, 5.41) is 3.05. The molecule has 0 spiro atoms. The highest BCUT2D eigenvalue weighted by Crippen LogP contribution is 2.17. The normalized spacial score (nSPS) is 19.1. The van der Waals surface area contributed by atoms with Crippen molar-refractivity contribution < 1.29 is 4.79 Å². The third-order valence-corrected chi connectivity index (χ3v) is 3.57. The van der Waals surface area contributed by atoms with Crippen molar-refractivity contribution in [2.45, 2.75) is 31.8 Å². The van der Waals surface area contributed by atoms with Gasteiger partial charge in [-0.05, 0) is 38.4 Å². The van der Waals surface area contributed by atoms with Gasteiger partial charge in [-0.3, -0.25) is 4.79 Å². The molecule has 0 radical (unpaired) electrons. The van der Waals surface area contributed by atoms with Gasteiger partial charge in [0.25, 0.3) is 0 Å². The van der Waals surface area contributed by atoms with Crippen molar-refractivity contribution in [2.24, 2.45) is 5.73 Å². The number of likely N-dealkylation sites (tertiary alicyclic amines) is 1. The number of nitrogens with two attached hydrogens (primary N) is 1. The lowest BCUT2D eigenvalue weighted by Gasteiger charge is -2.25. The van der Waals surface area contributed by atoms with Crippen LogP contribution in [-0.4, -0.2) is 36.5 Å². The minimum atomic E-state index is -0.468. The van der Waals surface area contributed by atoms with Crippen LogP contribution in [0.2, 0.25) is 0 Å². The van der Waals surface area contributed by atoms with Crippen LogP contribution in [0.5, 0.6) is 0 Å². The lowest BCUT2D eigenvalue weighted by Crippen LogP contribution is -2.43. The first-order valence-electron chi connectivity index (χ1n) is 7.00. The van der Waals surface area contributed by atoms with E-state index in [-0.39, 0.29) is 11.9 Å².